The fourth-order valence-corrected chi connectivity index (χ4v) is 7.77. The molecule has 0 atom stereocenters. The first-order valence-electron chi connectivity index (χ1n) is 8.96. The summed E-state index contributed by atoms with van der Waals surface area (Å²) in [7, 11) is -2.40. The van der Waals surface area contributed by atoms with E-state index in [9.17, 15) is 0 Å². The van der Waals surface area contributed by atoms with Crippen LogP contribution in [-0.4, -0.2) is 14.9 Å². The second kappa shape index (κ2) is 8.46. The Bertz CT molecular complexity index is 669. The first-order valence-corrected chi connectivity index (χ1v) is 10.9. The quantitative estimate of drug-likeness (QED) is 0.521. The predicted octanol–water partition coefficient (Wildman–Crippen LogP) is 5.09. The van der Waals surface area contributed by atoms with Crippen molar-refractivity contribution in [2.45, 2.75) is 39.7 Å². The lowest BCUT2D eigenvalue weighted by atomic mass is 10.2. The lowest BCUT2D eigenvalue weighted by molar-refractivity contribution is 0.339. The van der Waals surface area contributed by atoms with E-state index in [0.717, 1.165) is 0 Å². The second-order valence-corrected chi connectivity index (χ2v) is 11.7. The van der Waals surface area contributed by atoms with Crippen molar-refractivity contribution in [3.05, 3.63) is 84.5 Å². The Morgan fingerprint density at radius 1 is 0.920 bits per heavy atom. The van der Waals surface area contributed by atoms with Gasteiger partial charge in [0.1, 0.15) is 0 Å². The monoisotopic (exact) mass is 350 g/mol. The normalized spacial score (nSPS) is 13.4. The molecule has 0 fully saturated rings. The molecule has 0 radical (unpaired) electrons. The largest absolute Gasteiger partial charge is 0.404 e. The van der Waals surface area contributed by atoms with E-state index in [4.69, 9.17) is 4.43 Å². The van der Waals surface area contributed by atoms with Gasteiger partial charge in [-0.2, -0.15) is 0 Å². The molecule has 0 saturated carbocycles. The molecule has 2 aromatic rings. The van der Waals surface area contributed by atoms with Crippen molar-refractivity contribution in [1.29, 1.82) is 0 Å². The SMILES string of the molecule is C/C=C(C)/C=C/CO[Si](c1ccccc1)(c1ccccc1)C(C)(C)C. The van der Waals surface area contributed by atoms with Crippen LogP contribution in [0.1, 0.15) is 34.6 Å². The molecule has 2 heteroatoms. The average molecular weight is 351 g/mol. The topological polar surface area (TPSA) is 9.23 Å². The van der Waals surface area contributed by atoms with Crippen LogP contribution in [0.25, 0.3) is 0 Å². The van der Waals surface area contributed by atoms with Crippen LogP contribution in [0, 0.1) is 0 Å². The molecule has 0 aliphatic heterocycles. The van der Waals surface area contributed by atoms with Crippen molar-refractivity contribution in [1.82, 2.24) is 0 Å². The fourth-order valence-electron chi connectivity index (χ4n) is 3.26. The van der Waals surface area contributed by atoms with Crippen LogP contribution in [0.4, 0.5) is 0 Å². The van der Waals surface area contributed by atoms with Crippen LogP contribution in [-0.2, 0) is 4.43 Å². The second-order valence-electron chi connectivity index (χ2n) is 7.41. The minimum Gasteiger partial charge on any atom is -0.404 e. The molecule has 132 valence electrons. The van der Waals surface area contributed by atoms with Crippen LogP contribution in [0.15, 0.2) is 84.5 Å². The summed E-state index contributed by atoms with van der Waals surface area (Å²) in [5, 5.41) is 2.67. The van der Waals surface area contributed by atoms with Gasteiger partial charge in [-0.25, -0.2) is 0 Å². The Morgan fingerprint density at radius 3 is 1.80 bits per heavy atom. The zero-order chi connectivity index (χ0) is 18.3. The highest BCUT2D eigenvalue weighted by Gasteiger charge is 2.49. The highest BCUT2D eigenvalue weighted by molar-refractivity contribution is 6.99. The molecule has 0 heterocycles. The van der Waals surface area contributed by atoms with Crippen molar-refractivity contribution in [3.63, 3.8) is 0 Å². The Hall–Kier alpha value is -1.90. The van der Waals surface area contributed by atoms with Crippen LogP contribution < -0.4 is 10.4 Å². The van der Waals surface area contributed by atoms with Crippen molar-refractivity contribution >= 4 is 18.7 Å². The van der Waals surface area contributed by atoms with Crippen LogP contribution >= 0.6 is 0 Å². The summed E-state index contributed by atoms with van der Waals surface area (Å²) in [6, 6.07) is 21.5. The molecule has 0 spiro atoms. The van der Waals surface area contributed by atoms with E-state index in [1.165, 1.54) is 15.9 Å². The lowest BCUT2D eigenvalue weighted by Crippen LogP contribution is -2.66. The highest BCUT2D eigenvalue weighted by atomic mass is 28.4. The minimum atomic E-state index is -2.40. The summed E-state index contributed by atoms with van der Waals surface area (Å²) in [4.78, 5) is 0. The molecule has 0 aliphatic rings. The zero-order valence-electron chi connectivity index (χ0n) is 16.1. The van der Waals surface area contributed by atoms with E-state index in [1.54, 1.807) is 0 Å². The maximum atomic E-state index is 6.79. The molecule has 0 bridgehead atoms. The third-order valence-corrected chi connectivity index (χ3v) is 9.65. The van der Waals surface area contributed by atoms with E-state index in [0.29, 0.717) is 6.61 Å². The molecule has 0 unspecified atom stereocenters. The minimum absolute atomic E-state index is 0.0270. The lowest BCUT2D eigenvalue weighted by Gasteiger charge is -2.42. The zero-order valence-corrected chi connectivity index (χ0v) is 17.1. The Kier molecular flexibility index (Phi) is 6.57. The average Bonchev–Trinajstić information content (AvgIpc) is 2.62. The van der Waals surface area contributed by atoms with Gasteiger partial charge in [-0.1, -0.05) is 105 Å². The summed E-state index contributed by atoms with van der Waals surface area (Å²) < 4.78 is 6.79. The van der Waals surface area contributed by atoms with Crippen LogP contribution in [0.3, 0.4) is 0 Å². The number of hydrogen-bond acceptors (Lipinski definition) is 1. The maximum Gasteiger partial charge on any atom is 0.261 e. The summed E-state index contributed by atoms with van der Waals surface area (Å²) in [6.45, 7) is 11.7. The summed E-state index contributed by atoms with van der Waals surface area (Å²) >= 11 is 0. The van der Waals surface area contributed by atoms with E-state index in [-0.39, 0.29) is 5.04 Å². The first kappa shape index (κ1) is 19.4. The van der Waals surface area contributed by atoms with Gasteiger partial charge in [0.25, 0.3) is 8.32 Å². The number of allylic oxidation sites excluding steroid dienone is 3. The standard InChI is InChI=1S/C23H30OSi/c1-6-20(2)14-13-19-24-25(23(3,4)5,21-15-9-7-10-16-21)22-17-11-8-12-18-22/h6-18H,19H2,1-5H3/b14-13+,20-6+. The Balaban J connectivity index is 2.51. The molecule has 0 aliphatic carbocycles. The van der Waals surface area contributed by atoms with E-state index < -0.39 is 8.32 Å². The van der Waals surface area contributed by atoms with Gasteiger partial charge in [0.15, 0.2) is 0 Å². The van der Waals surface area contributed by atoms with Gasteiger partial charge in [-0.05, 0) is 29.3 Å². The third kappa shape index (κ3) is 4.39. The van der Waals surface area contributed by atoms with E-state index in [2.05, 4.69) is 114 Å². The van der Waals surface area contributed by atoms with Crippen LogP contribution in [0.5, 0.6) is 0 Å². The molecule has 2 rings (SSSR count). The molecule has 0 N–H and O–H groups in total. The van der Waals surface area contributed by atoms with Crippen LogP contribution in [0.2, 0.25) is 5.04 Å². The van der Waals surface area contributed by atoms with Crippen molar-refractivity contribution < 1.29 is 4.43 Å². The molecule has 0 aromatic heterocycles. The van der Waals surface area contributed by atoms with Gasteiger partial charge in [0.05, 0.1) is 6.61 Å². The van der Waals surface area contributed by atoms with Gasteiger partial charge in [0.2, 0.25) is 0 Å². The molecule has 0 amide bonds. The van der Waals surface area contributed by atoms with Gasteiger partial charge >= 0.3 is 0 Å². The molecule has 0 saturated heterocycles. The summed E-state index contributed by atoms with van der Waals surface area (Å²) in [5.41, 5.74) is 1.26. The number of rotatable bonds is 6. The highest BCUT2D eigenvalue weighted by Crippen LogP contribution is 2.36. The smallest absolute Gasteiger partial charge is 0.261 e. The van der Waals surface area contributed by atoms with E-state index >= 15 is 0 Å². The van der Waals surface area contributed by atoms with Crippen molar-refractivity contribution in [3.8, 4) is 0 Å². The molecular weight excluding hydrogens is 320 g/mol. The third-order valence-electron chi connectivity index (χ3n) is 4.65. The Labute approximate surface area is 154 Å². The van der Waals surface area contributed by atoms with Gasteiger partial charge in [0, 0.05) is 0 Å². The molecular formula is C23H30OSi. The Morgan fingerprint density at radius 2 is 1.40 bits per heavy atom. The predicted molar refractivity (Wildman–Crippen MR) is 112 cm³/mol. The molecule has 25 heavy (non-hydrogen) atoms. The maximum absolute atomic E-state index is 6.79. The summed E-state index contributed by atoms with van der Waals surface area (Å²) in [5.74, 6) is 0. The van der Waals surface area contributed by atoms with E-state index in [1.807, 2.05) is 0 Å². The first-order chi connectivity index (χ1) is 11.9. The number of hydrogen-bond donors (Lipinski definition) is 0. The van der Waals surface area contributed by atoms with Crippen molar-refractivity contribution in [2.24, 2.45) is 0 Å². The number of benzene rings is 2. The fraction of sp³-hybridized carbons (Fsp3) is 0.304. The van der Waals surface area contributed by atoms with Gasteiger partial charge < -0.3 is 4.43 Å². The molecule has 2 aromatic carbocycles. The molecule has 1 nitrogen and oxygen atoms in total. The van der Waals surface area contributed by atoms with Gasteiger partial charge in [-0.3, -0.25) is 0 Å². The summed E-state index contributed by atoms with van der Waals surface area (Å²) in [6.07, 6.45) is 6.38. The van der Waals surface area contributed by atoms with Gasteiger partial charge in [-0.15, -0.1) is 0 Å². The van der Waals surface area contributed by atoms with Crippen molar-refractivity contribution in [2.75, 3.05) is 6.61 Å².